The number of halogens is 1. The number of hydrogen-bond donors (Lipinski definition) is 2. The van der Waals surface area contributed by atoms with E-state index in [1.165, 1.54) is 12.8 Å². The van der Waals surface area contributed by atoms with Crippen molar-refractivity contribution in [3.63, 3.8) is 0 Å². The van der Waals surface area contributed by atoms with Gasteiger partial charge in [-0.25, -0.2) is 4.68 Å². The van der Waals surface area contributed by atoms with Gasteiger partial charge in [0.15, 0.2) is 0 Å². The molecular formula is C15H22BrN5. The maximum Gasteiger partial charge on any atom is 0.148 e. The first-order valence-electron chi connectivity index (χ1n) is 7.49. The number of nitriles is 1. The Hall–Kier alpha value is -1.06. The highest BCUT2D eigenvalue weighted by atomic mass is 79.9. The predicted octanol–water partition coefficient (Wildman–Crippen LogP) is 2.97. The number of nitrogens with zero attached hydrogens (tertiary/aromatic N) is 3. The van der Waals surface area contributed by atoms with E-state index >= 15 is 0 Å². The molecule has 6 heteroatoms. The molecular weight excluding hydrogens is 330 g/mol. The van der Waals surface area contributed by atoms with Gasteiger partial charge in [-0.3, -0.25) is 0 Å². The van der Waals surface area contributed by atoms with Crippen molar-refractivity contribution in [3.05, 3.63) is 10.2 Å². The molecule has 2 saturated heterocycles. The van der Waals surface area contributed by atoms with E-state index in [1.807, 2.05) is 4.68 Å². The van der Waals surface area contributed by atoms with Gasteiger partial charge in [-0.05, 0) is 47.0 Å². The molecule has 3 N–H and O–H groups in total. The molecule has 5 nitrogen and oxygen atoms in total. The lowest BCUT2D eigenvalue weighted by atomic mass is 9.68. The van der Waals surface area contributed by atoms with Crippen molar-refractivity contribution in [1.29, 1.82) is 5.26 Å². The summed E-state index contributed by atoms with van der Waals surface area (Å²) >= 11 is 3.34. The molecule has 3 unspecified atom stereocenters. The molecule has 2 aliphatic rings. The van der Waals surface area contributed by atoms with Crippen LogP contribution in [0, 0.1) is 16.7 Å². The molecule has 3 rings (SSSR count). The van der Waals surface area contributed by atoms with Crippen LogP contribution in [0.1, 0.15) is 58.1 Å². The molecule has 0 saturated carbocycles. The van der Waals surface area contributed by atoms with E-state index in [4.69, 9.17) is 5.73 Å². The summed E-state index contributed by atoms with van der Waals surface area (Å²) in [6.07, 6.45) is 4.45. The second-order valence-corrected chi connectivity index (χ2v) is 8.16. The minimum atomic E-state index is 0.137. The monoisotopic (exact) mass is 351 g/mol. The summed E-state index contributed by atoms with van der Waals surface area (Å²) in [5.41, 5.74) is 6.92. The van der Waals surface area contributed by atoms with Crippen molar-refractivity contribution in [3.8, 4) is 6.07 Å². The Morgan fingerprint density at radius 2 is 2.24 bits per heavy atom. The fourth-order valence-corrected chi connectivity index (χ4v) is 4.45. The lowest BCUT2D eigenvalue weighted by Crippen LogP contribution is -2.57. The highest BCUT2D eigenvalue weighted by Crippen LogP contribution is 2.50. The average molecular weight is 352 g/mol. The second-order valence-electron chi connectivity index (χ2n) is 7.41. The summed E-state index contributed by atoms with van der Waals surface area (Å²) < 4.78 is 2.42. The zero-order chi connectivity index (χ0) is 15.4. The third-order valence-corrected chi connectivity index (χ3v) is 5.89. The van der Waals surface area contributed by atoms with Gasteiger partial charge >= 0.3 is 0 Å². The van der Waals surface area contributed by atoms with E-state index in [1.54, 1.807) is 0 Å². The first-order chi connectivity index (χ1) is 9.77. The Morgan fingerprint density at radius 3 is 2.81 bits per heavy atom. The maximum absolute atomic E-state index is 9.18. The topological polar surface area (TPSA) is 79.7 Å². The fraction of sp³-hybridized carbons (Fsp3) is 0.733. The number of nitrogens with one attached hydrogen (secondary N) is 1. The molecule has 21 heavy (non-hydrogen) atoms. The normalized spacial score (nSPS) is 32.1. The second kappa shape index (κ2) is 4.72. The summed E-state index contributed by atoms with van der Waals surface area (Å²) in [6.45, 7) is 6.90. The van der Waals surface area contributed by atoms with Gasteiger partial charge in [0.05, 0.1) is 6.04 Å². The maximum atomic E-state index is 9.18. The minimum Gasteiger partial charge on any atom is -0.383 e. The van der Waals surface area contributed by atoms with E-state index in [0.29, 0.717) is 22.0 Å². The number of hydrogen-bond acceptors (Lipinski definition) is 4. The SMILES string of the molecule is CC(C)(C)C12CCC(CC(n3nc(Br)c(C#N)c3N)C1)N2. The van der Waals surface area contributed by atoms with Crippen LogP contribution in [0.5, 0.6) is 0 Å². The van der Waals surface area contributed by atoms with Crippen LogP contribution in [-0.4, -0.2) is 21.4 Å². The Balaban J connectivity index is 1.97. The molecule has 2 fully saturated rings. The molecule has 1 aromatic rings. The highest BCUT2D eigenvalue weighted by Gasteiger charge is 2.52. The van der Waals surface area contributed by atoms with Crippen molar-refractivity contribution in [2.75, 3.05) is 5.73 Å². The van der Waals surface area contributed by atoms with Crippen LogP contribution in [0.15, 0.2) is 4.60 Å². The van der Waals surface area contributed by atoms with Crippen molar-refractivity contribution in [2.45, 2.75) is 64.1 Å². The Kier molecular flexibility index (Phi) is 3.34. The van der Waals surface area contributed by atoms with Crippen LogP contribution >= 0.6 is 15.9 Å². The van der Waals surface area contributed by atoms with Gasteiger partial charge < -0.3 is 11.1 Å². The summed E-state index contributed by atoms with van der Waals surface area (Å²) in [6, 6.07) is 2.91. The van der Waals surface area contributed by atoms with Crippen molar-refractivity contribution in [2.24, 2.45) is 5.41 Å². The van der Waals surface area contributed by atoms with Crippen LogP contribution in [0.2, 0.25) is 0 Å². The molecule has 3 heterocycles. The number of rotatable bonds is 1. The Morgan fingerprint density at radius 1 is 1.52 bits per heavy atom. The molecule has 114 valence electrons. The zero-order valence-electron chi connectivity index (χ0n) is 12.8. The van der Waals surface area contributed by atoms with Gasteiger partial charge in [0.1, 0.15) is 22.1 Å². The third kappa shape index (κ3) is 2.18. The molecule has 0 aliphatic carbocycles. The average Bonchev–Trinajstić information content (AvgIpc) is 2.87. The van der Waals surface area contributed by atoms with E-state index < -0.39 is 0 Å². The predicted molar refractivity (Wildman–Crippen MR) is 85.7 cm³/mol. The summed E-state index contributed by atoms with van der Waals surface area (Å²) in [5.74, 6) is 0.486. The van der Waals surface area contributed by atoms with Crippen LogP contribution in [0.3, 0.4) is 0 Å². The number of aromatic nitrogens is 2. The van der Waals surface area contributed by atoms with Crippen LogP contribution in [0.25, 0.3) is 0 Å². The van der Waals surface area contributed by atoms with Gasteiger partial charge in [0, 0.05) is 11.6 Å². The van der Waals surface area contributed by atoms with Gasteiger partial charge in [-0.2, -0.15) is 10.4 Å². The lowest BCUT2D eigenvalue weighted by molar-refractivity contribution is 0.0890. The summed E-state index contributed by atoms with van der Waals surface area (Å²) in [7, 11) is 0. The van der Waals surface area contributed by atoms with Crippen LogP contribution in [-0.2, 0) is 0 Å². The number of piperidine rings is 1. The summed E-state index contributed by atoms with van der Waals surface area (Å²) in [5, 5.41) is 17.5. The number of fused-ring (bicyclic) bond motifs is 2. The van der Waals surface area contributed by atoms with Crippen molar-refractivity contribution < 1.29 is 0 Å². The number of nitrogens with two attached hydrogens (primary N) is 1. The van der Waals surface area contributed by atoms with E-state index in [9.17, 15) is 5.26 Å². The Bertz CT molecular complexity index is 609. The smallest absolute Gasteiger partial charge is 0.148 e. The standard InChI is InChI=1S/C15H22BrN5/c1-14(2,3)15-5-4-9(19-15)6-10(7-15)21-13(18)11(8-17)12(16)20-21/h9-10,19H,4-7,18H2,1-3H3. The molecule has 2 bridgehead atoms. The first kappa shape index (κ1) is 14.9. The van der Waals surface area contributed by atoms with Crippen LogP contribution < -0.4 is 11.1 Å². The molecule has 3 atom stereocenters. The molecule has 0 radical (unpaired) electrons. The highest BCUT2D eigenvalue weighted by molar-refractivity contribution is 9.10. The van der Waals surface area contributed by atoms with E-state index in [2.05, 4.69) is 53.2 Å². The number of anilines is 1. The fourth-order valence-electron chi connectivity index (χ4n) is 3.99. The van der Waals surface area contributed by atoms with Crippen LogP contribution in [0.4, 0.5) is 5.82 Å². The lowest BCUT2D eigenvalue weighted by Gasteiger charge is -2.48. The molecule has 2 aliphatic heterocycles. The minimum absolute atomic E-state index is 0.137. The van der Waals surface area contributed by atoms with Crippen molar-refractivity contribution >= 4 is 21.7 Å². The molecule has 1 aromatic heterocycles. The molecule has 0 amide bonds. The Labute approximate surface area is 134 Å². The zero-order valence-corrected chi connectivity index (χ0v) is 14.4. The quantitative estimate of drug-likeness (QED) is 0.814. The van der Waals surface area contributed by atoms with Gasteiger partial charge in [-0.1, -0.05) is 20.8 Å². The molecule has 0 spiro atoms. The van der Waals surface area contributed by atoms with E-state index in [-0.39, 0.29) is 17.0 Å². The van der Waals surface area contributed by atoms with Crippen molar-refractivity contribution in [1.82, 2.24) is 15.1 Å². The van der Waals surface area contributed by atoms with Gasteiger partial charge in [0.25, 0.3) is 0 Å². The third-order valence-electron chi connectivity index (χ3n) is 5.34. The van der Waals surface area contributed by atoms with Gasteiger partial charge in [0.2, 0.25) is 0 Å². The van der Waals surface area contributed by atoms with E-state index in [0.717, 1.165) is 12.8 Å². The first-order valence-corrected chi connectivity index (χ1v) is 8.28. The largest absolute Gasteiger partial charge is 0.383 e. The number of nitrogen functional groups attached to an aromatic ring is 1. The summed E-state index contributed by atoms with van der Waals surface area (Å²) in [4.78, 5) is 0. The van der Waals surface area contributed by atoms with Gasteiger partial charge in [-0.15, -0.1) is 0 Å². The molecule has 0 aromatic carbocycles.